The lowest BCUT2D eigenvalue weighted by molar-refractivity contribution is -0.145. The molecule has 0 aliphatic carbocycles. The van der Waals surface area contributed by atoms with E-state index in [1.54, 1.807) is 36.5 Å². The van der Waals surface area contributed by atoms with Gasteiger partial charge in [0.1, 0.15) is 11.5 Å². The van der Waals surface area contributed by atoms with Crippen molar-refractivity contribution in [3.8, 4) is 17.2 Å². The van der Waals surface area contributed by atoms with Crippen LogP contribution in [0, 0.1) is 0 Å². The van der Waals surface area contributed by atoms with Gasteiger partial charge in [-0.15, -0.1) is 0 Å². The third-order valence-electron chi connectivity index (χ3n) is 4.33. The van der Waals surface area contributed by atoms with E-state index in [1.807, 2.05) is 6.92 Å². The van der Waals surface area contributed by atoms with E-state index in [-0.39, 0.29) is 0 Å². The summed E-state index contributed by atoms with van der Waals surface area (Å²) in [6.07, 6.45) is 1.57. The zero-order chi connectivity index (χ0) is 19.6. The maximum atomic E-state index is 13.0. The lowest BCUT2D eigenvalue weighted by Gasteiger charge is -2.38. The van der Waals surface area contributed by atoms with Crippen molar-refractivity contribution in [1.29, 1.82) is 0 Å². The topological polar surface area (TPSA) is 90.0 Å². The Kier molecular flexibility index (Phi) is 4.89. The minimum atomic E-state index is -1.73. The molecule has 0 saturated heterocycles. The van der Waals surface area contributed by atoms with E-state index >= 15 is 0 Å². The van der Waals surface area contributed by atoms with E-state index in [9.17, 15) is 9.59 Å². The van der Waals surface area contributed by atoms with Crippen LogP contribution in [0.5, 0.6) is 17.2 Å². The van der Waals surface area contributed by atoms with E-state index in [0.717, 1.165) is 0 Å². The Bertz CT molecular complexity index is 863. The number of carbonyl (C=O) groups is 2. The second-order valence-electron chi connectivity index (χ2n) is 6.07. The van der Waals surface area contributed by atoms with Crippen LogP contribution in [0.15, 0.2) is 36.5 Å². The molecule has 8 heteroatoms. The third-order valence-corrected chi connectivity index (χ3v) is 4.33. The molecule has 3 rings (SSSR count). The monoisotopic (exact) mass is 371 g/mol. The van der Waals surface area contributed by atoms with E-state index in [4.69, 9.17) is 14.2 Å². The molecule has 2 aromatic rings. The lowest BCUT2D eigenvalue weighted by atomic mass is 10.0. The number of rotatable bonds is 5. The van der Waals surface area contributed by atoms with Gasteiger partial charge in [0, 0.05) is 36.6 Å². The second kappa shape index (κ2) is 7.14. The molecule has 27 heavy (non-hydrogen) atoms. The number of carbonyl (C=O) groups excluding carboxylic acids is 2. The van der Waals surface area contributed by atoms with E-state index in [1.165, 1.54) is 26.0 Å². The number of nitrogens with zero attached hydrogens (tertiary/aromatic N) is 2. The molecule has 1 N–H and O–H groups in total. The van der Waals surface area contributed by atoms with Crippen LogP contribution in [0.4, 0.5) is 11.5 Å². The Hall–Kier alpha value is -3.29. The van der Waals surface area contributed by atoms with E-state index < -0.39 is 17.4 Å². The molecule has 1 atom stereocenters. The molecular formula is C19H21N3O5. The van der Waals surface area contributed by atoms with Crippen molar-refractivity contribution in [1.82, 2.24) is 4.98 Å². The first-order chi connectivity index (χ1) is 12.9. The van der Waals surface area contributed by atoms with Crippen LogP contribution >= 0.6 is 0 Å². The number of pyridine rings is 1. The summed E-state index contributed by atoms with van der Waals surface area (Å²) < 4.78 is 16.2. The summed E-state index contributed by atoms with van der Waals surface area (Å²) >= 11 is 0. The highest BCUT2D eigenvalue weighted by Gasteiger charge is 2.50. The SMILES string of the molecule is CCN1C(=O)C(C)(C(=O)Nc2cc(OC)cc(OC)c2)Oc2cccnc21. The largest absolute Gasteiger partial charge is 0.497 e. The Morgan fingerprint density at radius 1 is 1.26 bits per heavy atom. The predicted octanol–water partition coefficient (Wildman–Crippen LogP) is 2.24. The van der Waals surface area contributed by atoms with Gasteiger partial charge in [-0.3, -0.25) is 14.5 Å². The summed E-state index contributed by atoms with van der Waals surface area (Å²) in [5.41, 5.74) is -1.31. The maximum Gasteiger partial charge on any atom is 0.282 e. The number of fused-ring (bicyclic) bond motifs is 1. The van der Waals surface area contributed by atoms with Crippen molar-refractivity contribution in [2.75, 3.05) is 31.0 Å². The summed E-state index contributed by atoms with van der Waals surface area (Å²) in [6, 6.07) is 8.31. The van der Waals surface area contributed by atoms with E-state index in [0.29, 0.717) is 35.3 Å². The van der Waals surface area contributed by atoms with Gasteiger partial charge in [0.15, 0.2) is 11.6 Å². The molecule has 2 heterocycles. The summed E-state index contributed by atoms with van der Waals surface area (Å²) in [4.78, 5) is 31.6. The van der Waals surface area contributed by atoms with E-state index in [2.05, 4.69) is 10.3 Å². The number of nitrogens with one attached hydrogen (secondary N) is 1. The molecule has 0 fully saturated rings. The average molecular weight is 371 g/mol. The maximum absolute atomic E-state index is 13.0. The minimum Gasteiger partial charge on any atom is -0.497 e. The van der Waals surface area contributed by atoms with Crippen molar-refractivity contribution in [3.05, 3.63) is 36.5 Å². The first kappa shape index (κ1) is 18.5. The molecular weight excluding hydrogens is 350 g/mol. The molecule has 0 bridgehead atoms. The predicted molar refractivity (Wildman–Crippen MR) is 99.5 cm³/mol. The molecule has 8 nitrogen and oxygen atoms in total. The Balaban J connectivity index is 1.93. The van der Waals surface area contributed by atoms with Crippen LogP contribution in [0.2, 0.25) is 0 Å². The molecule has 0 saturated carbocycles. The fraction of sp³-hybridized carbons (Fsp3) is 0.316. The number of hydrogen-bond donors (Lipinski definition) is 1. The number of ether oxygens (including phenoxy) is 3. The Morgan fingerprint density at radius 3 is 2.52 bits per heavy atom. The van der Waals surface area contributed by atoms with Crippen LogP contribution in [0.3, 0.4) is 0 Å². The number of aromatic nitrogens is 1. The van der Waals surface area contributed by atoms with Gasteiger partial charge in [-0.05, 0) is 26.0 Å². The van der Waals surface area contributed by atoms with Gasteiger partial charge >= 0.3 is 0 Å². The summed E-state index contributed by atoms with van der Waals surface area (Å²) in [7, 11) is 3.02. The number of hydrogen-bond acceptors (Lipinski definition) is 6. The number of benzene rings is 1. The van der Waals surface area contributed by atoms with Gasteiger partial charge in [-0.2, -0.15) is 0 Å². The molecule has 1 aliphatic rings. The number of likely N-dealkylation sites (N-methyl/N-ethyl adjacent to an activating group) is 1. The first-order valence-electron chi connectivity index (χ1n) is 8.43. The van der Waals surface area contributed by atoms with Gasteiger partial charge in [0.2, 0.25) is 0 Å². The highest BCUT2D eigenvalue weighted by molar-refractivity contribution is 6.19. The highest BCUT2D eigenvalue weighted by Crippen LogP contribution is 2.36. The summed E-state index contributed by atoms with van der Waals surface area (Å²) in [6.45, 7) is 3.62. The summed E-state index contributed by atoms with van der Waals surface area (Å²) in [5, 5.41) is 2.72. The Morgan fingerprint density at radius 2 is 1.93 bits per heavy atom. The molecule has 2 amide bonds. The van der Waals surface area contributed by atoms with Crippen molar-refractivity contribution < 1.29 is 23.8 Å². The summed E-state index contributed by atoms with van der Waals surface area (Å²) in [5.74, 6) is 0.711. The van der Waals surface area contributed by atoms with Crippen LogP contribution in [-0.2, 0) is 9.59 Å². The zero-order valence-electron chi connectivity index (χ0n) is 15.6. The zero-order valence-corrected chi connectivity index (χ0v) is 15.6. The number of amides is 2. The molecule has 1 aromatic heterocycles. The van der Waals surface area contributed by atoms with Crippen LogP contribution in [-0.4, -0.2) is 43.2 Å². The third kappa shape index (κ3) is 3.25. The van der Waals surface area contributed by atoms with Crippen molar-refractivity contribution >= 4 is 23.3 Å². The molecule has 0 radical (unpaired) electrons. The van der Waals surface area contributed by atoms with Crippen molar-refractivity contribution in [3.63, 3.8) is 0 Å². The standard InChI is InChI=1S/C19H21N3O5/c1-5-22-16-15(7-6-8-20-16)27-19(2,18(22)24)17(23)21-12-9-13(25-3)11-14(10-12)26-4/h6-11H,5H2,1-4H3,(H,21,23). The second-order valence-corrected chi connectivity index (χ2v) is 6.07. The van der Waals surface area contributed by atoms with Gasteiger partial charge < -0.3 is 19.5 Å². The smallest absolute Gasteiger partial charge is 0.282 e. The number of anilines is 2. The molecule has 1 aromatic carbocycles. The highest BCUT2D eigenvalue weighted by atomic mass is 16.5. The lowest BCUT2D eigenvalue weighted by Crippen LogP contribution is -2.60. The van der Waals surface area contributed by atoms with Gasteiger partial charge in [0.25, 0.3) is 17.4 Å². The van der Waals surface area contributed by atoms with Crippen molar-refractivity contribution in [2.45, 2.75) is 19.4 Å². The molecule has 1 aliphatic heterocycles. The van der Waals surface area contributed by atoms with Crippen LogP contribution < -0.4 is 24.4 Å². The molecule has 1 unspecified atom stereocenters. The normalized spacial score (nSPS) is 18.4. The quantitative estimate of drug-likeness (QED) is 0.811. The van der Waals surface area contributed by atoms with Gasteiger partial charge in [-0.25, -0.2) is 4.98 Å². The average Bonchev–Trinajstić information content (AvgIpc) is 2.68. The van der Waals surface area contributed by atoms with Crippen molar-refractivity contribution in [2.24, 2.45) is 0 Å². The Labute approximate surface area is 157 Å². The number of methoxy groups -OCH3 is 2. The fourth-order valence-electron chi connectivity index (χ4n) is 2.85. The van der Waals surface area contributed by atoms with Gasteiger partial charge in [-0.1, -0.05) is 0 Å². The minimum absolute atomic E-state index is 0.363. The first-order valence-corrected chi connectivity index (χ1v) is 8.43. The van der Waals surface area contributed by atoms with Gasteiger partial charge in [0.05, 0.1) is 14.2 Å². The van der Waals surface area contributed by atoms with Crippen LogP contribution in [0.25, 0.3) is 0 Å². The molecule has 142 valence electrons. The molecule has 0 spiro atoms. The fourth-order valence-corrected chi connectivity index (χ4v) is 2.85. The van der Waals surface area contributed by atoms with Crippen LogP contribution in [0.1, 0.15) is 13.8 Å².